The van der Waals surface area contributed by atoms with Gasteiger partial charge in [-0.25, -0.2) is 0 Å². The zero-order chi connectivity index (χ0) is 15.4. The Morgan fingerprint density at radius 1 is 1.10 bits per heavy atom. The van der Waals surface area contributed by atoms with Crippen LogP contribution in [0.15, 0.2) is 42.5 Å². The number of para-hydroxylation sites is 2. The highest BCUT2D eigenvalue weighted by atomic mass is 16.2. The van der Waals surface area contributed by atoms with Crippen LogP contribution in [-0.4, -0.2) is 12.5 Å². The van der Waals surface area contributed by atoms with Gasteiger partial charge in [-0.15, -0.1) is 0 Å². The van der Waals surface area contributed by atoms with Gasteiger partial charge in [0.15, 0.2) is 0 Å². The minimum absolute atomic E-state index is 0.00199. The second-order valence-corrected chi connectivity index (χ2v) is 5.31. The van der Waals surface area contributed by atoms with Gasteiger partial charge in [-0.1, -0.05) is 25.1 Å². The summed E-state index contributed by atoms with van der Waals surface area (Å²) in [5, 5.41) is 0. The highest BCUT2D eigenvalue weighted by molar-refractivity contribution is 6.07. The van der Waals surface area contributed by atoms with E-state index in [0.717, 1.165) is 17.7 Å². The van der Waals surface area contributed by atoms with E-state index in [2.05, 4.69) is 6.92 Å². The quantitative estimate of drug-likeness (QED) is 0.863. The number of carbonyl (C=O) groups is 1. The summed E-state index contributed by atoms with van der Waals surface area (Å²) >= 11 is 0. The van der Waals surface area contributed by atoms with E-state index in [1.54, 1.807) is 4.90 Å². The number of aryl methyl sites for hydroxylation is 2. The Balaban J connectivity index is 2.40. The molecule has 2 rings (SSSR count). The molecule has 0 saturated carbocycles. The number of hydrogen-bond donors (Lipinski definition) is 1. The smallest absolute Gasteiger partial charge is 0.258 e. The van der Waals surface area contributed by atoms with Crippen LogP contribution in [-0.2, 0) is 0 Å². The van der Waals surface area contributed by atoms with Crippen molar-refractivity contribution in [2.75, 3.05) is 17.2 Å². The topological polar surface area (TPSA) is 46.3 Å². The van der Waals surface area contributed by atoms with Crippen molar-refractivity contribution < 1.29 is 4.79 Å². The second kappa shape index (κ2) is 6.44. The van der Waals surface area contributed by atoms with E-state index < -0.39 is 0 Å². The molecule has 110 valence electrons. The van der Waals surface area contributed by atoms with Gasteiger partial charge in [0.25, 0.3) is 5.91 Å². The SMILES string of the molecule is CCCN(C(=O)c1ccc(C)c(C)c1)c1ccccc1N. The fraction of sp³-hybridized carbons (Fsp3) is 0.278. The Labute approximate surface area is 126 Å². The number of nitrogens with two attached hydrogens (primary N) is 1. The molecule has 3 heteroatoms. The molecule has 0 radical (unpaired) electrons. The van der Waals surface area contributed by atoms with E-state index in [-0.39, 0.29) is 5.91 Å². The Kier molecular flexibility index (Phi) is 4.63. The maximum absolute atomic E-state index is 12.8. The number of hydrogen-bond acceptors (Lipinski definition) is 2. The molecular formula is C18H22N2O. The monoisotopic (exact) mass is 282 g/mol. The lowest BCUT2D eigenvalue weighted by Gasteiger charge is -2.24. The first-order valence-electron chi connectivity index (χ1n) is 7.28. The van der Waals surface area contributed by atoms with E-state index in [9.17, 15) is 4.79 Å². The lowest BCUT2D eigenvalue weighted by atomic mass is 10.0. The Morgan fingerprint density at radius 3 is 2.43 bits per heavy atom. The third kappa shape index (κ3) is 3.24. The van der Waals surface area contributed by atoms with Crippen LogP contribution in [0.4, 0.5) is 11.4 Å². The number of nitrogens with zero attached hydrogens (tertiary/aromatic N) is 1. The average Bonchev–Trinajstić information content (AvgIpc) is 2.48. The predicted molar refractivity (Wildman–Crippen MR) is 88.7 cm³/mol. The molecule has 2 aromatic rings. The first kappa shape index (κ1) is 15.1. The summed E-state index contributed by atoms with van der Waals surface area (Å²) in [4.78, 5) is 14.6. The van der Waals surface area contributed by atoms with Gasteiger partial charge in [-0.05, 0) is 55.7 Å². The number of carbonyl (C=O) groups excluding carboxylic acids is 1. The Hall–Kier alpha value is -2.29. The van der Waals surface area contributed by atoms with Crippen molar-refractivity contribution in [3.8, 4) is 0 Å². The molecule has 0 atom stereocenters. The van der Waals surface area contributed by atoms with Gasteiger partial charge in [0.05, 0.1) is 11.4 Å². The normalized spacial score (nSPS) is 10.4. The van der Waals surface area contributed by atoms with E-state index >= 15 is 0 Å². The summed E-state index contributed by atoms with van der Waals surface area (Å²) in [6.07, 6.45) is 0.880. The van der Waals surface area contributed by atoms with Crippen LogP contribution in [0.5, 0.6) is 0 Å². The molecule has 0 aliphatic rings. The van der Waals surface area contributed by atoms with E-state index in [1.807, 2.05) is 56.3 Å². The molecule has 0 heterocycles. The van der Waals surface area contributed by atoms with Crippen LogP contribution in [0.25, 0.3) is 0 Å². The van der Waals surface area contributed by atoms with Crippen molar-refractivity contribution in [1.82, 2.24) is 0 Å². The predicted octanol–water partition coefficient (Wildman–Crippen LogP) is 3.94. The van der Waals surface area contributed by atoms with Crippen molar-refractivity contribution in [3.63, 3.8) is 0 Å². The molecule has 2 N–H and O–H groups in total. The molecular weight excluding hydrogens is 260 g/mol. The zero-order valence-electron chi connectivity index (χ0n) is 12.9. The molecule has 3 nitrogen and oxygen atoms in total. The molecule has 21 heavy (non-hydrogen) atoms. The highest BCUT2D eigenvalue weighted by Gasteiger charge is 2.19. The van der Waals surface area contributed by atoms with Gasteiger partial charge in [-0.3, -0.25) is 4.79 Å². The minimum atomic E-state index is -0.00199. The third-order valence-corrected chi connectivity index (χ3v) is 3.67. The number of amides is 1. The number of rotatable bonds is 4. The molecule has 1 amide bonds. The maximum Gasteiger partial charge on any atom is 0.258 e. The van der Waals surface area contributed by atoms with E-state index in [0.29, 0.717) is 17.8 Å². The van der Waals surface area contributed by atoms with Crippen LogP contribution in [0.3, 0.4) is 0 Å². The fourth-order valence-corrected chi connectivity index (χ4v) is 2.32. The van der Waals surface area contributed by atoms with Gasteiger partial charge < -0.3 is 10.6 Å². The van der Waals surface area contributed by atoms with Crippen LogP contribution in [0.1, 0.15) is 34.8 Å². The van der Waals surface area contributed by atoms with Gasteiger partial charge >= 0.3 is 0 Å². The summed E-state index contributed by atoms with van der Waals surface area (Å²) in [6.45, 7) is 6.77. The summed E-state index contributed by atoms with van der Waals surface area (Å²) < 4.78 is 0. The van der Waals surface area contributed by atoms with Crippen molar-refractivity contribution >= 4 is 17.3 Å². The molecule has 0 aliphatic carbocycles. The summed E-state index contributed by atoms with van der Waals surface area (Å²) in [5.74, 6) is -0.00199. The van der Waals surface area contributed by atoms with Gasteiger partial charge in [0.1, 0.15) is 0 Å². The first-order chi connectivity index (χ1) is 10.0. The summed E-state index contributed by atoms with van der Waals surface area (Å²) in [7, 11) is 0. The summed E-state index contributed by atoms with van der Waals surface area (Å²) in [5.41, 5.74) is 10.5. The van der Waals surface area contributed by atoms with Crippen molar-refractivity contribution in [1.29, 1.82) is 0 Å². The Bertz CT molecular complexity index is 649. The largest absolute Gasteiger partial charge is 0.397 e. The molecule has 0 fully saturated rings. The number of anilines is 2. The zero-order valence-corrected chi connectivity index (χ0v) is 12.9. The first-order valence-corrected chi connectivity index (χ1v) is 7.28. The molecule has 0 unspecified atom stereocenters. The van der Waals surface area contributed by atoms with Crippen LogP contribution < -0.4 is 10.6 Å². The fourth-order valence-electron chi connectivity index (χ4n) is 2.32. The molecule has 0 bridgehead atoms. The Morgan fingerprint density at radius 2 is 1.81 bits per heavy atom. The lowest BCUT2D eigenvalue weighted by molar-refractivity contribution is 0.0987. The van der Waals surface area contributed by atoms with Crippen LogP contribution in [0, 0.1) is 13.8 Å². The molecule has 2 aromatic carbocycles. The molecule has 0 aromatic heterocycles. The van der Waals surface area contributed by atoms with Crippen LogP contribution in [0.2, 0.25) is 0 Å². The number of benzene rings is 2. The minimum Gasteiger partial charge on any atom is -0.397 e. The molecule has 0 saturated heterocycles. The standard InChI is InChI=1S/C18H22N2O/c1-4-11-20(17-8-6-5-7-16(17)19)18(21)15-10-9-13(2)14(3)12-15/h5-10,12H,4,11,19H2,1-3H3. The van der Waals surface area contributed by atoms with Gasteiger partial charge in [0.2, 0.25) is 0 Å². The lowest BCUT2D eigenvalue weighted by Crippen LogP contribution is -2.32. The van der Waals surface area contributed by atoms with E-state index in [1.165, 1.54) is 5.56 Å². The second-order valence-electron chi connectivity index (χ2n) is 5.31. The molecule has 0 spiro atoms. The van der Waals surface area contributed by atoms with Crippen molar-refractivity contribution in [3.05, 3.63) is 59.2 Å². The molecule has 0 aliphatic heterocycles. The van der Waals surface area contributed by atoms with Crippen LogP contribution >= 0.6 is 0 Å². The van der Waals surface area contributed by atoms with E-state index in [4.69, 9.17) is 5.73 Å². The van der Waals surface area contributed by atoms with Crippen molar-refractivity contribution in [2.45, 2.75) is 27.2 Å². The van der Waals surface area contributed by atoms with Gasteiger partial charge in [0, 0.05) is 12.1 Å². The maximum atomic E-state index is 12.8. The summed E-state index contributed by atoms with van der Waals surface area (Å²) in [6, 6.07) is 13.3. The van der Waals surface area contributed by atoms with Gasteiger partial charge in [-0.2, -0.15) is 0 Å². The third-order valence-electron chi connectivity index (χ3n) is 3.67. The highest BCUT2D eigenvalue weighted by Crippen LogP contribution is 2.25. The number of nitrogen functional groups attached to an aromatic ring is 1. The average molecular weight is 282 g/mol. The van der Waals surface area contributed by atoms with Crippen molar-refractivity contribution in [2.24, 2.45) is 0 Å².